The van der Waals surface area contributed by atoms with E-state index < -0.39 is 0 Å². The van der Waals surface area contributed by atoms with Gasteiger partial charge in [-0.15, -0.1) is 0 Å². The molecule has 2 heteroatoms. The molecule has 2 nitrogen and oxygen atoms in total. The fraction of sp³-hybridized carbons (Fsp3) is 0.600. The molecule has 1 aliphatic heterocycles. The number of allylic oxidation sites excluding steroid dienone is 1. The summed E-state index contributed by atoms with van der Waals surface area (Å²) in [5.74, 6) is 1.31. The fourth-order valence-electron chi connectivity index (χ4n) is 4.63. The number of aryl methyl sites for hydroxylation is 1. The van der Waals surface area contributed by atoms with Crippen molar-refractivity contribution in [2.24, 2.45) is 23.2 Å². The first-order valence-corrected chi connectivity index (χ1v) is 8.53. The summed E-state index contributed by atoms with van der Waals surface area (Å²) in [7, 11) is 0. The molecule has 5 atom stereocenters. The summed E-state index contributed by atoms with van der Waals surface area (Å²) >= 11 is 0. The molecule has 3 rings (SSSR count). The van der Waals surface area contributed by atoms with E-state index in [0.29, 0.717) is 24.4 Å². The van der Waals surface area contributed by atoms with E-state index in [9.17, 15) is 5.11 Å². The zero-order valence-electron chi connectivity index (χ0n) is 14.0. The molecule has 1 fully saturated rings. The van der Waals surface area contributed by atoms with Gasteiger partial charge in [0.15, 0.2) is 0 Å². The normalized spacial score (nSPS) is 37.7. The van der Waals surface area contributed by atoms with Crippen molar-refractivity contribution in [1.82, 2.24) is 0 Å². The van der Waals surface area contributed by atoms with Crippen molar-refractivity contribution in [2.45, 2.75) is 39.7 Å². The number of hydrogen-bond donors (Lipinski definition) is 1. The van der Waals surface area contributed by atoms with Crippen LogP contribution < -0.4 is 0 Å². The Morgan fingerprint density at radius 3 is 2.64 bits per heavy atom. The summed E-state index contributed by atoms with van der Waals surface area (Å²) in [5, 5.41) is 10.0. The maximum atomic E-state index is 10.0. The second-order valence-electron chi connectivity index (χ2n) is 7.28. The molecule has 2 bridgehead atoms. The molecule has 1 aliphatic carbocycles. The van der Waals surface area contributed by atoms with Crippen LogP contribution in [-0.2, 0) is 11.2 Å². The predicted molar refractivity (Wildman–Crippen MR) is 89.6 cm³/mol. The summed E-state index contributed by atoms with van der Waals surface area (Å²) in [6.45, 7) is 7.68. The molecule has 1 heterocycles. The maximum absolute atomic E-state index is 10.0. The molecular formula is C20H28O2. The van der Waals surface area contributed by atoms with Crippen LogP contribution in [-0.4, -0.2) is 24.4 Å². The summed E-state index contributed by atoms with van der Waals surface area (Å²) in [5.41, 5.74) is 2.73. The van der Waals surface area contributed by atoms with E-state index in [1.165, 1.54) is 11.1 Å². The van der Waals surface area contributed by atoms with Gasteiger partial charge in [0.2, 0.25) is 0 Å². The Bertz CT molecular complexity index is 536. The van der Waals surface area contributed by atoms with Crippen LogP contribution in [0.2, 0.25) is 0 Å². The van der Waals surface area contributed by atoms with E-state index in [0.717, 1.165) is 12.8 Å². The van der Waals surface area contributed by atoms with Crippen molar-refractivity contribution in [3.63, 3.8) is 0 Å². The van der Waals surface area contributed by atoms with Crippen LogP contribution in [0.15, 0.2) is 42.0 Å². The highest BCUT2D eigenvalue weighted by Crippen LogP contribution is 2.52. The Labute approximate surface area is 134 Å². The third-order valence-corrected chi connectivity index (χ3v) is 6.21. The lowest BCUT2D eigenvalue weighted by atomic mass is 9.56. The van der Waals surface area contributed by atoms with Crippen LogP contribution in [0.4, 0.5) is 0 Å². The summed E-state index contributed by atoms with van der Waals surface area (Å²) in [6, 6.07) is 10.6. The minimum absolute atomic E-state index is 0.0899. The van der Waals surface area contributed by atoms with Crippen molar-refractivity contribution < 1.29 is 9.84 Å². The maximum Gasteiger partial charge on any atom is 0.0646 e. The van der Waals surface area contributed by atoms with Gasteiger partial charge in [-0.25, -0.2) is 0 Å². The Hall–Kier alpha value is -1.12. The van der Waals surface area contributed by atoms with Gasteiger partial charge in [0.25, 0.3) is 0 Å². The zero-order chi connectivity index (χ0) is 15.7. The van der Waals surface area contributed by atoms with Crippen molar-refractivity contribution in [2.75, 3.05) is 13.2 Å². The van der Waals surface area contributed by atoms with Crippen LogP contribution in [0, 0.1) is 23.2 Å². The van der Waals surface area contributed by atoms with Gasteiger partial charge in [0, 0.05) is 11.3 Å². The quantitative estimate of drug-likeness (QED) is 0.856. The second-order valence-corrected chi connectivity index (χ2v) is 7.28. The molecule has 0 saturated carbocycles. The fourth-order valence-corrected chi connectivity index (χ4v) is 4.63. The molecule has 0 spiro atoms. The minimum Gasteiger partial charge on any atom is -0.396 e. The molecule has 2 aliphatic rings. The summed E-state index contributed by atoms with van der Waals surface area (Å²) in [4.78, 5) is 0. The van der Waals surface area contributed by atoms with Gasteiger partial charge in [-0.05, 0) is 37.2 Å². The Kier molecular flexibility index (Phi) is 4.42. The average molecular weight is 300 g/mol. The smallest absolute Gasteiger partial charge is 0.0646 e. The standard InChI is InChI=1S/C20H28O2/c1-14-11-15(2)20(12-21)13-22-18(19(14)16(20)3)10-9-17-7-5-4-6-8-17/h4-8,11,15-16,18-19,21H,9-10,12-13H2,1-3H3/t15-,16+,18-,19+,20+/m0/s1. The van der Waals surface area contributed by atoms with Gasteiger partial charge in [-0.2, -0.15) is 0 Å². The topological polar surface area (TPSA) is 29.5 Å². The molecule has 1 saturated heterocycles. The van der Waals surface area contributed by atoms with E-state index >= 15 is 0 Å². The van der Waals surface area contributed by atoms with Gasteiger partial charge in [0.1, 0.15) is 0 Å². The average Bonchev–Trinajstić information content (AvgIpc) is 2.52. The molecule has 1 aromatic carbocycles. The predicted octanol–water partition coefficient (Wildman–Crippen LogP) is 3.85. The van der Waals surface area contributed by atoms with Crippen molar-refractivity contribution in [3.05, 3.63) is 47.5 Å². The van der Waals surface area contributed by atoms with Crippen LogP contribution in [0.1, 0.15) is 32.8 Å². The summed E-state index contributed by atoms with van der Waals surface area (Å²) < 4.78 is 6.27. The highest BCUT2D eigenvalue weighted by molar-refractivity contribution is 5.21. The minimum atomic E-state index is -0.0899. The number of rotatable bonds is 4. The number of benzene rings is 1. The Morgan fingerprint density at radius 2 is 1.95 bits per heavy atom. The molecular weight excluding hydrogens is 272 g/mol. The van der Waals surface area contributed by atoms with Crippen LogP contribution >= 0.6 is 0 Å². The second kappa shape index (κ2) is 6.17. The summed E-state index contributed by atoms with van der Waals surface area (Å²) in [6.07, 6.45) is 4.77. The van der Waals surface area contributed by atoms with Crippen LogP contribution in [0.3, 0.4) is 0 Å². The third kappa shape index (κ3) is 2.53. The van der Waals surface area contributed by atoms with Crippen molar-refractivity contribution in [1.29, 1.82) is 0 Å². The van der Waals surface area contributed by atoms with E-state index in [4.69, 9.17) is 4.74 Å². The van der Waals surface area contributed by atoms with Crippen molar-refractivity contribution >= 4 is 0 Å². The monoisotopic (exact) mass is 300 g/mol. The van der Waals surface area contributed by atoms with Gasteiger partial charge >= 0.3 is 0 Å². The highest BCUT2D eigenvalue weighted by atomic mass is 16.5. The molecule has 1 aromatic rings. The van der Waals surface area contributed by atoms with E-state index in [2.05, 4.69) is 57.2 Å². The number of fused-ring (bicyclic) bond motifs is 2. The lowest BCUT2D eigenvalue weighted by molar-refractivity contribution is -0.164. The van der Waals surface area contributed by atoms with Gasteiger partial charge in [-0.3, -0.25) is 0 Å². The van der Waals surface area contributed by atoms with Crippen LogP contribution in [0.25, 0.3) is 0 Å². The van der Waals surface area contributed by atoms with E-state index in [1.54, 1.807) is 0 Å². The number of ether oxygens (including phenoxy) is 1. The molecule has 0 aromatic heterocycles. The first-order valence-electron chi connectivity index (χ1n) is 8.53. The van der Waals surface area contributed by atoms with E-state index in [-0.39, 0.29) is 18.1 Å². The first kappa shape index (κ1) is 15.8. The Morgan fingerprint density at radius 1 is 1.23 bits per heavy atom. The number of aliphatic hydroxyl groups excluding tert-OH is 1. The zero-order valence-corrected chi connectivity index (χ0v) is 14.0. The van der Waals surface area contributed by atoms with E-state index in [1.807, 2.05) is 0 Å². The number of hydrogen-bond acceptors (Lipinski definition) is 2. The molecule has 1 N–H and O–H groups in total. The Balaban J connectivity index is 1.77. The van der Waals surface area contributed by atoms with Crippen molar-refractivity contribution in [3.8, 4) is 0 Å². The molecule has 0 amide bonds. The lowest BCUT2D eigenvalue weighted by Crippen LogP contribution is -2.56. The molecule has 120 valence electrons. The van der Waals surface area contributed by atoms with Gasteiger partial charge in [-0.1, -0.05) is 55.8 Å². The molecule has 0 radical (unpaired) electrons. The molecule has 0 unspecified atom stereocenters. The largest absolute Gasteiger partial charge is 0.396 e. The first-order chi connectivity index (χ1) is 10.6. The van der Waals surface area contributed by atoms with Gasteiger partial charge < -0.3 is 9.84 Å². The SMILES string of the molecule is CC1=C[C@H](C)[C@@]2(CO)CO[C@@H](CCc3ccccc3)[C@H]1[C@H]2C. The lowest BCUT2D eigenvalue weighted by Gasteiger charge is -2.55. The molecule has 22 heavy (non-hydrogen) atoms. The third-order valence-electron chi connectivity index (χ3n) is 6.21. The highest BCUT2D eigenvalue weighted by Gasteiger charge is 2.52. The van der Waals surface area contributed by atoms with Gasteiger partial charge in [0.05, 0.1) is 19.3 Å². The van der Waals surface area contributed by atoms with Crippen LogP contribution in [0.5, 0.6) is 0 Å². The number of aliphatic hydroxyl groups is 1.